The maximum Gasteiger partial charge on any atom is 0.222 e. The molecule has 1 fully saturated rings. The van der Waals surface area contributed by atoms with Crippen LogP contribution in [-0.2, 0) is 14.6 Å². The number of carbonyl (C=O) groups excluding carboxylic acids is 1. The number of amides is 1. The number of hydrogen-bond acceptors (Lipinski definition) is 4. The molecule has 0 bridgehead atoms. The first-order valence-electron chi connectivity index (χ1n) is 5.89. The second-order valence-electron chi connectivity index (χ2n) is 5.54. The summed E-state index contributed by atoms with van der Waals surface area (Å²) in [5, 5.41) is 0. The molecule has 2 N–H and O–H groups in total. The van der Waals surface area contributed by atoms with E-state index < -0.39 is 9.84 Å². The van der Waals surface area contributed by atoms with Gasteiger partial charge in [-0.2, -0.15) is 0 Å². The fourth-order valence-electron chi connectivity index (χ4n) is 1.94. The zero-order valence-corrected chi connectivity index (χ0v) is 11.6. The third kappa shape index (κ3) is 4.63. The van der Waals surface area contributed by atoms with Crippen LogP contribution in [0.5, 0.6) is 0 Å². The molecule has 1 aliphatic heterocycles. The van der Waals surface area contributed by atoms with Gasteiger partial charge in [-0.3, -0.25) is 4.79 Å². The van der Waals surface area contributed by atoms with Crippen molar-refractivity contribution in [3.8, 4) is 0 Å². The van der Waals surface area contributed by atoms with E-state index in [1.807, 2.05) is 13.8 Å². The quantitative estimate of drug-likeness (QED) is 0.785. The maximum atomic E-state index is 11.9. The lowest BCUT2D eigenvalue weighted by atomic mass is 9.99. The highest BCUT2D eigenvalue weighted by Crippen LogP contribution is 2.15. The molecule has 6 heteroatoms. The Morgan fingerprint density at radius 1 is 1.47 bits per heavy atom. The fourth-order valence-corrected chi connectivity index (χ4v) is 3.50. The van der Waals surface area contributed by atoms with Gasteiger partial charge in [-0.25, -0.2) is 8.42 Å². The minimum atomic E-state index is -2.96. The lowest BCUT2D eigenvalue weighted by Crippen LogP contribution is -2.50. The Hall–Kier alpha value is -0.620. The Balaban J connectivity index is 2.54. The van der Waals surface area contributed by atoms with Gasteiger partial charge in [0.25, 0.3) is 0 Å². The molecular formula is C11H22N2O3S. The van der Waals surface area contributed by atoms with Crippen molar-refractivity contribution in [2.75, 3.05) is 18.1 Å². The van der Waals surface area contributed by atoms with E-state index in [9.17, 15) is 13.2 Å². The van der Waals surface area contributed by atoms with Gasteiger partial charge in [-0.15, -0.1) is 0 Å². The van der Waals surface area contributed by atoms with Crippen molar-refractivity contribution < 1.29 is 13.2 Å². The van der Waals surface area contributed by atoms with Crippen LogP contribution in [0.4, 0.5) is 0 Å². The molecule has 0 spiro atoms. The number of nitrogens with zero attached hydrogens (tertiary/aromatic N) is 1. The zero-order chi connectivity index (χ0) is 13.3. The second-order valence-corrected chi connectivity index (χ2v) is 7.77. The Kier molecular flexibility index (Phi) is 4.19. The largest absolute Gasteiger partial charge is 0.338 e. The van der Waals surface area contributed by atoms with Gasteiger partial charge in [0, 0.05) is 24.5 Å². The van der Waals surface area contributed by atoms with Crippen molar-refractivity contribution in [1.82, 2.24) is 4.90 Å². The van der Waals surface area contributed by atoms with Crippen LogP contribution in [0.25, 0.3) is 0 Å². The summed E-state index contributed by atoms with van der Waals surface area (Å²) in [4.78, 5) is 13.6. The van der Waals surface area contributed by atoms with Crippen molar-refractivity contribution in [3.63, 3.8) is 0 Å². The molecule has 0 aromatic carbocycles. The van der Waals surface area contributed by atoms with Gasteiger partial charge in [0.2, 0.25) is 5.91 Å². The lowest BCUT2D eigenvalue weighted by Gasteiger charge is -2.33. The summed E-state index contributed by atoms with van der Waals surface area (Å²) < 4.78 is 22.8. The van der Waals surface area contributed by atoms with Gasteiger partial charge in [0.05, 0.1) is 11.5 Å². The Bertz CT molecular complexity index is 384. The van der Waals surface area contributed by atoms with E-state index in [2.05, 4.69) is 0 Å². The molecule has 0 saturated carbocycles. The van der Waals surface area contributed by atoms with Crippen LogP contribution in [-0.4, -0.2) is 48.9 Å². The number of nitrogens with two attached hydrogens (primary N) is 1. The molecule has 5 nitrogen and oxygen atoms in total. The third-order valence-corrected chi connectivity index (χ3v) is 4.77. The molecule has 100 valence electrons. The molecule has 1 atom stereocenters. The molecule has 1 heterocycles. The van der Waals surface area contributed by atoms with Crippen LogP contribution in [0.2, 0.25) is 0 Å². The second kappa shape index (κ2) is 4.94. The van der Waals surface area contributed by atoms with Crippen molar-refractivity contribution in [3.05, 3.63) is 0 Å². The first kappa shape index (κ1) is 14.4. The summed E-state index contributed by atoms with van der Waals surface area (Å²) in [6.07, 6.45) is 0.996. The maximum absolute atomic E-state index is 11.9. The summed E-state index contributed by atoms with van der Waals surface area (Å²) >= 11 is 0. The normalized spacial score (nSPS) is 24.7. The Morgan fingerprint density at radius 2 is 2.06 bits per heavy atom. The number of rotatable bonds is 3. The SMILES string of the molecule is CC1CS(=O)(=O)CCN1C(=O)CCC(C)(C)N. The van der Waals surface area contributed by atoms with E-state index in [0.717, 1.165) is 0 Å². The van der Waals surface area contributed by atoms with Crippen LogP contribution in [0.15, 0.2) is 0 Å². The van der Waals surface area contributed by atoms with E-state index in [-0.39, 0.29) is 29.0 Å². The zero-order valence-electron chi connectivity index (χ0n) is 10.8. The highest BCUT2D eigenvalue weighted by Gasteiger charge is 2.31. The van der Waals surface area contributed by atoms with Crippen molar-refractivity contribution in [1.29, 1.82) is 0 Å². The van der Waals surface area contributed by atoms with Gasteiger partial charge in [-0.05, 0) is 27.2 Å². The van der Waals surface area contributed by atoms with Crippen molar-refractivity contribution >= 4 is 15.7 Å². The predicted octanol–water partition coefficient (Wildman–Crippen LogP) is 0.149. The molecule has 1 rings (SSSR count). The minimum absolute atomic E-state index is 0.00549. The first-order chi connectivity index (χ1) is 7.61. The fraction of sp³-hybridized carbons (Fsp3) is 0.909. The molecule has 0 aromatic rings. The lowest BCUT2D eigenvalue weighted by molar-refractivity contribution is -0.133. The molecular weight excluding hydrogens is 240 g/mol. The molecule has 1 saturated heterocycles. The summed E-state index contributed by atoms with van der Waals surface area (Å²) in [6, 6.07) is -0.220. The number of sulfone groups is 1. The minimum Gasteiger partial charge on any atom is -0.338 e. The average molecular weight is 262 g/mol. The van der Waals surface area contributed by atoms with E-state index in [1.54, 1.807) is 11.8 Å². The molecule has 0 radical (unpaired) electrons. The van der Waals surface area contributed by atoms with Gasteiger partial charge >= 0.3 is 0 Å². The molecule has 1 unspecified atom stereocenters. The van der Waals surface area contributed by atoms with Crippen LogP contribution >= 0.6 is 0 Å². The van der Waals surface area contributed by atoms with E-state index >= 15 is 0 Å². The molecule has 1 amide bonds. The third-order valence-electron chi connectivity index (χ3n) is 2.97. The van der Waals surface area contributed by atoms with Gasteiger partial charge in [0.15, 0.2) is 9.84 Å². The summed E-state index contributed by atoms with van der Waals surface area (Å²) in [5.41, 5.74) is 5.46. The predicted molar refractivity (Wildman–Crippen MR) is 67.3 cm³/mol. The van der Waals surface area contributed by atoms with E-state index in [0.29, 0.717) is 19.4 Å². The van der Waals surface area contributed by atoms with E-state index in [1.165, 1.54) is 0 Å². The Morgan fingerprint density at radius 3 is 2.53 bits per heavy atom. The van der Waals surface area contributed by atoms with Crippen LogP contribution < -0.4 is 5.73 Å². The van der Waals surface area contributed by atoms with Crippen molar-refractivity contribution in [2.24, 2.45) is 5.73 Å². The smallest absolute Gasteiger partial charge is 0.222 e. The topological polar surface area (TPSA) is 80.5 Å². The number of carbonyl (C=O) groups is 1. The summed E-state index contributed by atoms with van der Waals surface area (Å²) in [6.45, 7) is 5.85. The van der Waals surface area contributed by atoms with E-state index in [4.69, 9.17) is 5.73 Å². The molecule has 1 aliphatic rings. The highest BCUT2D eigenvalue weighted by molar-refractivity contribution is 7.91. The average Bonchev–Trinajstić information content (AvgIpc) is 2.11. The van der Waals surface area contributed by atoms with Crippen LogP contribution in [0.1, 0.15) is 33.6 Å². The number of hydrogen-bond donors (Lipinski definition) is 1. The van der Waals surface area contributed by atoms with Gasteiger partial charge in [-0.1, -0.05) is 0 Å². The molecule has 17 heavy (non-hydrogen) atoms. The molecule has 0 aliphatic carbocycles. The monoisotopic (exact) mass is 262 g/mol. The standard InChI is InChI=1S/C11H22N2O3S/c1-9-8-17(15,16)7-6-13(9)10(14)4-5-11(2,3)12/h9H,4-8,12H2,1-3H3. The summed E-state index contributed by atoms with van der Waals surface area (Å²) in [7, 11) is -2.96. The Labute approximate surface area is 103 Å². The van der Waals surface area contributed by atoms with Crippen LogP contribution in [0, 0.1) is 0 Å². The first-order valence-corrected chi connectivity index (χ1v) is 7.72. The molecule has 0 aromatic heterocycles. The van der Waals surface area contributed by atoms with Gasteiger partial charge < -0.3 is 10.6 Å². The van der Waals surface area contributed by atoms with Crippen molar-refractivity contribution in [2.45, 2.75) is 45.2 Å². The van der Waals surface area contributed by atoms with Crippen LogP contribution in [0.3, 0.4) is 0 Å². The highest BCUT2D eigenvalue weighted by atomic mass is 32.2. The van der Waals surface area contributed by atoms with Gasteiger partial charge in [0.1, 0.15) is 0 Å². The summed E-state index contributed by atoms with van der Waals surface area (Å²) in [5.74, 6) is 0.158.